The van der Waals surface area contributed by atoms with Crippen molar-refractivity contribution in [2.75, 3.05) is 0 Å². The van der Waals surface area contributed by atoms with Crippen molar-refractivity contribution < 1.29 is 4.79 Å². The molecule has 2 rings (SSSR count). The smallest absolute Gasteiger partial charge is 0.265 e. The second kappa shape index (κ2) is 6.06. The SMILES string of the molecule is Cc1c(Br)cccc1C(=O)NN1C(C)CCCC1C. The van der Waals surface area contributed by atoms with Crippen molar-refractivity contribution in [2.24, 2.45) is 0 Å². The number of carbonyl (C=O) groups excluding carboxylic acids is 1. The standard InChI is InChI=1S/C15H21BrN2O/c1-10-6-4-7-11(2)18(10)17-15(19)13-8-5-9-14(16)12(13)3/h5,8-11H,4,6-7H2,1-3H3,(H,17,19). The van der Waals surface area contributed by atoms with E-state index in [1.807, 2.05) is 25.1 Å². The Bertz CT molecular complexity index is 465. The molecule has 0 spiro atoms. The van der Waals surface area contributed by atoms with Crippen LogP contribution in [-0.2, 0) is 0 Å². The van der Waals surface area contributed by atoms with Gasteiger partial charge < -0.3 is 0 Å². The summed E-state index contributed by atoms with van der Waals surface area (Å²) in [4.78, 5) is 12.4. The van der Waals surface area contributed by atoms with Crippen LogP contribution in [-0.4, -0.2) is 23.0 Å². The largest absolute Gasteiger partial charge is 0.284 e. The molecule has 1 aromatic rings. The van der Waals surface area contributed by atoms with E-state index in [-0.39, 0.29) is 5.91 Å². The van der Waals surface area contributed by atoms with Gasteiger partial charge in [-0.1, -0.05) is 28.4 Å². The number of benzene rings is 1. The molecule has 0 bridgehead atoms. The number of amides is 1. The van der Waals surface area contributed by atoms with Crippen molar-refractivity contribution >= 4 is 21.8 Å². The van der Waals surface area contributed by atoms with Gasteiger partial charge in [-0.15, -0.1) is 0 Å². The lowest BCUT2D eigenvalue weighted by atomic mass is 10.00. The third kappa shape index (κ3) is 3.18. The van der Waals surface area contributed by atoms with Crippen LogP contribution in [0.2, 0.25) is 0 Å². The fourth-order valence-electron chi connectivity index (χ4n) is 2.67. The van der Waals surface area contributed by atoms with E-state index in [1.54, 1.807) is 0 Å². The predicted octanol–water partition coefficient (Wildman–Crippen LogP) is 3.67. The predicted molar refractivity (Wildman–Crippen MR) is 81.0 cm³/mol. The van der Waals surface area contributed by atoms with Gasteiger partial charge in [-0.05, 0) is 51.3 Å². The van der Waals surface area contributed by atoms with Crippen LogP contribution in [0.15, 0.2) is 22.7 Å². The monoisotopic (exact) mass is 324 g/mol. The molecule has 1 aromatic carbocycles. The Morgan fingerprint density at radius 3 is 2.58 bits per heavy atom. The fraction of sp³-hybridized carbons (Fsp3) is 0.533. The molecular weight excluding hydrogens is 304 g/mol. The zero-order valence-corrected chi connectivity index (χ0v) is 13.3. The first-order chi connectivity index (χ1) is 9.00. The van der Waals surface area contributed by atoms with Gasteiger partial charge in [0.2, 0.25) is 0 Å². The van der Waals surface area contributed by atoms with Crippen LogP contribution < -0.4 is 5.43 Å². The Balaban J connectivity index is 2.14. The van der Waals surface area contributed by atoms with E-state index in [1.165, 1.54) is 6.42 Å². The molecule has 2 atom stereocenters. The maximum Gasteiger partial charge on any atom is 0.265 e. The van der Waals surface area contributed by atoms with Gasteiger partial charge in [-0.2, -0.15) is 0 Å². The maximum atomic E-state index is 12.4. The van der Waals surface area contributed by atoms with Crippen LogP contribution >= 0.6 is 15.9 Å². The van der Waals surface area contributed by atoms with Gasteiger partial charge in [-0.3, -0.25) is 10.2 Å². The molecule has 0 aliphatic carbocycles. The van der Waals surface area contributed by atoms with Crippen LogP contribution in [0, 0.1) is 6.92 Å². The fourth-order valence-corrected chi connectivity index (χ4v) is 3.04. The summed E-state index contributed by atoms with van der Waals surface area (Å²) in [6.45, 7) is 6.30. The normalized spacial score (nSPS) is 24.2. The molecule has 0 aromatic heterocycles. The van der Waals surface area contributed by atoms with E-state index >= 15 is 0 Å². The summed E-state index contributed by atoms with van der Waals surface area (Å²) in [5.41, 5.74) is 4.80. The van der Waals surface area contributed by atoms with Crippen molar-refractivity contribution in [1.29, 1.82) is 0 Å². The first-order valence-corrected chi connectivity index (χ1v) is 7.64. The molecule has 1 saturated heterocycles. The third-order valence-electron chi connectivity index (χ3n) is 3.94. The highest BCUT2D eigenvalue weighted by molar-refractivity contribution is 9.10. The lowest BCUT2D eigenvalue weighted by Gasteiger charge is -2.38. The molecule has 19 heavy (non-hydrogen) atoms. The molecule has 1 aliphatic heterocycles. The van der Waals surface area contributed by atoms with Crippen LogP contribution in [0.4, 0.5) is 0 Å². The highest BCUT2D eigenvalue weighted by Crippen LogP contribution is 2.22. The van der Waals surface area contributed by atoms with E-state index < -0.39 is 0 Å². The zero-order chi connectivity index (χ0) is 14.0. The van der Waals surface area contributed by atoms with Crippen molar-refractivity contribution in [3.63, 3.8) is 0 Å². The topological polar surface area (TPSA) is 32.3 Å². The number of carbonyl (C=O) groups is 1. The van der Waals surface area contributed by atoms with Gasteiger partial charge in [0.25, 0.3) is 5.91 Å². The van der Waals surface area contributed by atoms with Gasteiger partial charge in [0.1, 0.15) is 0 Å². The summed E-state index contributed by atoms with van der Waals surface area (Å²) in [7, 11) is 0. The average Bonchev–Trinajstić information content (AvgIpc) is 2.37. The first-order valence-electron chi connectivity index (χ1n) is 6.85. The highest BCUT2D eigenvalue weighted by Gasteiger charge is 2.26. The molecule has 0 radical (unpaired) electrons. The molecular formula is C15H21BrN2O. The van der Waals surface area contributed by atoms with Crippen LogP contribution in [0.1, 0.15) is 49.0 Å². The number of nitrogens with zero attached hydrogens (tertiary/aromatic N) is 1. The number of rotatable bonds is 2. The minimum Gasteiger partial charge on any atom is -0.284 e. The third-order valence-corrected chi connectivity index (χ3v) is 4.80. The van der Waals surface area contributed by atoms with Crippen LogP contribution in [0.3, 0.4) is 0 Å². The van der Waals surface area contributed by atoms with Crippen molar-refractivity contribution in [3.8, 4) is 0 Å². The molecule has 2 unspecified atom stereocenters. The van der Waals surface area contributed by atoms with Crippen molar-refractivity contribution in [1.82, 2.24) is 10.4 Å². The Hall–Kier alpha value is -0.870. The van der Waals surface area contributed by atoms with Gasteiger partial charge in [0, 0.05) is 22.1 Å². The van der Waals surface area contributed by atoms with Crippen molar-refractivity contribution in [2.45, 2.75) is 52.1 Å². The molecule has 3 nitrogen and oxygen atoms in total. The Morgan fingerprint density at radius 2 is 1.95 bits per heavy atom. The maximum absolute atomic E-state index is 12.4. The summed E-state index contributed by atoms with van der Waals surface area (Å²) in [6.07, 6.45) is 3.52. The highest BCUT2D eigenvalue weighted by atomic mass is 79.9. The van der Waals surface area contributed by atoms with Crippen molar-refractivity contribution in [3.05, 3.63) is 33.8 Å². The molecule has 1 N–H and O–H groups in total. The number of hydrogen-bond acceptors (Lipinski definition) is 2. The molecule has 1 amide bonds. The molecule has 1 heterocycles. The molecule has 104 valence electrons. The zero-order valence-electron chi connectivity index (χ0n) is 11.7. The van der Waals surface area contributed by atoms with Gasteiger partial charge in [0.15, 0.2) is 0 Å². The lowest BCUT2D eigenvalue weighted by Crippen LogP contribution is -2.54. The average molecular weight is 325 g/mol. The molecule has 1 fully saturated rings. The molecule has 0 saturated carbocycles. The van der Waals surface area contributed by atoms with Crippen LogP contribution in [0.5, 0.6) is 0 Å². The second-order valence-electron chi connectivity index (χ2n) is 5.39. The summed E-state index contributed by atoms with van der Waals surface area (Å²) in [5, 5.41) is 2.10. The first kappa shape index (κ1) is 14.5. The summed E-state index contributed by atoms with van der Waals surface area (Å²) in [5.74, 6) is -0.0144. The van der Waals surface area contributed by atoms with E-state index in [9.17, 15) is 4.79 Å². The summed E-state index contributed by atoms with van der Waals surface area (Å²) < 4.78 is 0.972. The number of nitrogens with one attached hydrogen (secondary N) is 1. The Morgan fingerprint density at radius 1 is 1.32 bits per heavy atom. The number of piperidine rings is 1. The number of hydrazine groups is 1. The molecule has 1 aliphatic rings. The van der Waals surface area contributed by atoms with Gasteiger partial charge in [0.05, 0.1) is 0 Å². The number of hydrogen-bond donors (Lipinski definition) is 1. The number of halogens is 1. The van der Waals surface area contributed by atoms with E-state index in [2.05, 4.69) is 40.2 Å². The summed E-state index contributed by atoms with van der Waals surface area (Å²) in [6, 6.07) is 6.53. The quantitative estimate of drug-likeness (QED) is 0.900. The van der Waals surface area contributed by atoms with Crippen LogP contribution in [0.25, 0.3) is 0 Å². The minimum absolute atomic E-state index is 0.0144. The Kier molecular flexibility index (Phi) is 4.63. The minimum atomic E-state index is -0.0144. The van der Waals surface area contributed by atoms with E-state index in [0.29, 0.717) is 12.1 Å². The summed E-state index contributed by atoms with van der Waals surface area (Å²) >= 11 is 3.47. The Labute approximate surface area is 123 Å². The second-order valence-corrected chi connectivity index (χ2v) is 6.24. The van der Waals surface area contributed by atoms with Gasteiger partial charge in [-0.25, -0.2) is 5.01 Å². The lowest BCUT2D eigenvalue weighted by molar-refractivity contribution is 0.0369. The molecule has 4 heteroatoms. The van der Waals surface area contributed by atoms with E-state index in [0.717, 1.165) is 28.4 Å². The van der Waals surface area contributed by atoms with Gasteiger partial charge >= 0.3 is 0 Å². The van der Waals surface area contributed by atoms with E-state index in [4.69, 9.17) is 0 Å².